The van der Waals surface area contributed by atoms with Crippen LogP contribution in [0.15, 0.2) is 25.2 Å². The molecule has 0 saturated carbocycles. The molecule has 1 rings (SSSR count). The molecule has 2 nitrogen and oxygen atoms in total. The maximum atomic E-state index is 5.54. The Morgan fingerprint density at radius 3 is 2.62 bits per heavy atom. The molecule has 4 heteroatoms. The summed E-state index contributed by atoms with van der Waals surface area (Å²) in [5.74, 6) is 1.39. The van der Waals surface area contributed by atoms with Crippen LogP contribution >= 0.6 is 31.9 Å². The van der Waals surface area contributed by atoms with Crippen LogP contribution in [0.4, 0.5) is 0 Å². The fraction of sp³-hybridized carbons (Fsp3) is 0.500. The van der Waals surface area contributed by atoms with Crippen molar-refractivity contribution < 1.29 is 4.42 Å². The van der Waals surface area contributed by atoms with Gasteiger partial charge in [-0.1, -0.05) is 26.3 Å². The van der Waals surface area contributed by atoms with E-state index in [0.717, 1.165) is 28.0 Å². The number of nitrogens with one attached hydrogen (secondary N) is 1. The Kier molecular flexibility index (Phi) is 5.79. The SMILES string of the molecule is CCNCC(=Cc1cc(Br)c(Br)o1)C(C)C. The first kappa shape index (κ1) is 14.0. The minimum atomic E-state index is 0.515. The molecule has 0 saturated heterocycles. The van der Waals surface area contributed by atoms with Gasteiger partial charge in [-0.3, -0.25) is 0 Å². The van der Waals surface area contributed by atoms with Gasteiger partial charge in [0.05, 0.1) is 4.47 Å². The summed E-state index contributed by atoms with van der Waals surface area (Å²) in [6.07, 6.45) is 2.10. The number of rotatable bonds is 5. The Bertz CT molecular complexity index is 350. The predicted molar refractivity (Wildman–Crippen MR) is 75.5 cm³/mol. The molecule has 0 aliphatic carbocycles. The fourth-order valence-corrected chi connectivity index (χ4v) is 1.92. The molecule has 1 heterocycles. The topological polar surface area (TPSA) is 25.2 Å². The van der Waals surface area contributed by atoms with E-state index in [1.54, 1.807) is 0 Å². The van der Waals surface area contributed by atoms with Gasteiger partial charge >= 0.3 is 0 Å². The number of halogens is 2. The maximum Gasteiger partial charge on any atom is 0.184 e. The monoisotopic (exact) mass is 349 g/mol. The van der Waals surface area contributed by atoms with E-state index in [2.05, 4.69) is 64.0 Å². The van der Waals surface area contributed by atoms with Gasteiger partial charge in [0.1, 0.15) is 5.76 Å². The maximum absolute atomic E-state index is 5.54. The second kappa shape index (κ2) is 6.62. The standard InChI is InChI=1S/C12H17Br2NO/c1-4-15-7-9(8(2)3)5-10-6-11(13)12(14)16-10/h5-6,8,15H,4,7H2,1-3H3. The van der Waals surface area contributed by atoms with Gasteiger partial charge in [-0.2, -0.15) is 0 Å². The van der Waals surface area contributed by atoms with Crippen LogP contribution in [0.3, 0.4) is 0 Å². The predicted octanol–water partition coefficient (Wildman–Crippen LogP) is 4.45. The molecule has 0 bridgehead atoms. The smallest absolute Gasteiger partial charge is 0.184 e. The van der Waals surface area contributed by atoms with Crippen molar-refractivity contribution in [3.05, 3.63) is 26.5 Å². The molecule has 0 aromatic carbocycles. The van der Waals surface area contributed by atoms with E-state index in [1.165, 1.54) is 5.57 Å². The Balaban J connectivity index is 2.84. The minimum absolute atomic E-state index is 0.515. The van der Waals surface area contributed by atoms with Gasteiger partial charge in [-0.05, 0) is 56.5 Å². The zero-order valence-corrected chi connectivity index (χ0v) is 13.0. The first-order valence-corrected chi connectivity index (χ1v) is 6.99. The van der Waals surface area contributed by atoms with Crippen LogP contribution in [0.1, 0.15) is 26.5 Å². The molecule has 1 aromatic heterocycles. The zero-order chi connectivity index (χ0) is 12.1. The lowest BCUT2D eigenvalue weighted by Crippen LogP contribution is -2.18. The number of hydrogen-bond donors (Lipinski definition) is 1. The Morgan fingerprint density at radius 1 is 1.50 bits per heavy atom. The summed E-state index contributed by atoms with van der Waals surface area (Å²) >= 11 is 6.75. The van der Waals surface area contributed by atoms with Crippen LogP contribution < -0.4 is 5.32 Å². The summed E-state index contributed by atoms with van der Waals surface area (Å²) in [6, 6.07) is 1.97. The van der Waals surface area contributed by atoms with E-state index in [4.69, 9.17) is 4.42 Å². The lowest BCUT2D eigenvalue weighted by molar-refractivity contribution is 0.528. The molecule has 16 heavy (non-hydrogen) atoms. The van der Waals surface area contributed by atoms with Gasteiger partial charge in [0.2, 0.25) is 0 Å². The third kappa shape index (κ3) is 4.07. The molecule has 0 atom stereocenters. The van der Waals surface area contributed by atoms with Gasteiger partial charge < -0.3 is 9.73 Å². The number of furan rings is 1. The van der Waals surface area contributed by atoms with Gasteiger partial charge in [0, 0.05) is 6.54 Å². The second-order valence-corrected chi connectivity index (χ2v) is 5.50. The van der Waals surface area contributed by atoms with Crippen molar-refractivity contribution in [2.45, 2.75) is 20.8 Å². The molecule has 0 amide bonds. The van der Waals surface area contributed by atoms with Gasteiger partial charge in [-0.25, -0.2) is 0 Å². The summed E-state index contributed by atoms with van der Waals surface area (Å²) < 4.78 is 7.23. The zero-order valence-electron chi connectivity index (χ0n) is 9.81. The third-order valence-corrected chi connectivity index (χ3v) is 4.02. The second-order valence-electron chi connectivity index (χ2n) is 3.92. The highest BCUT2D eigenvalue weighted by molar-refractivity contribution is 9.13. The van der Waals surface area contributed by atoms with E-state index >= 15 is 0 Å². The van der Waals surface area contributed by atoms with Gasteiger partial charge in [0.15, 0.2) is 4.67 Å². The van der Waals surface area contributed by atoms with E-state index in [1.807, 2.05) is 6.07 Å². The normalized spacial score (nSPS) is 12.5. The van der Waals surface area contributed by atoms with Crippen molar-refractivity contribution >= 4 is 37.9 Å². The molecule has 0 unspecified atom stereocenters. The van der Waals surface area contributed by atoms with Crippen molar-refractivity contribution in [1.29, 1.82) is 0 Å². The van der Waals surface area contributed by atoms with Crippen molar-refractivity contribution in [1.82, 2.24) is 5.32 Å². The molecule has 0 aliphatic rings. The lowest BCUT2D eigenvalue weighted by atomic mass is 10.0. The molecule has 90 valence electrons. The molecule has 0 fully saturated rings. The Morgan fingerprint density at radius 2 is 2.19 bits per heavy atom. The van der Waals surface area contributed by atoms with Crippen LogP contribution in [0.5, 0.6) is 0 Å². The summed E-state index contributed by atoms with van der Waals surface area (Å²) in [4.78, 5) is 0. The first-order valence-electron chi connectivity index (χ1n) is 5.40. The fourth-order valence-electron chi connectivity index (χ4n) is 1.31. The average molecular weight is 351 g/mol. The molecule has 1 N–H and O–H groups in total. The highest BCUT2D eigenvalue weighted by atomic mass is 79.9. The summed E-state index contributed by atoms with van der Waals surface area (Å²) in [7, 11) is 0. The van der Waals surface area contributed by atoms with Crippen molar-refractivity contribution in [3.63, 3.8) is 0 Å². The molecular formula is C12H17Br2NO. The Labute approximate surface area is 114 Å². The van der Waals surface area contributed by atoms with Crippen LogP contribution in [-0.4, -0.2) is 13.1 Å². The first-order chi connectivity index (χ1) is 7.54. The third-order valence-electron chi connectivity index (χ3n) is 2.31. The number of likely N-dealkylation sites (N-methyl/N-ethyl adjacent to an activating group) is 1. The van der Waals surface area contributed by atoms with Crippen molar-refractivity contribution in [2.24, 2.45) is 5.92 Å². The van der Waals surface area contributed by atoms with Gasteiger partial charge in [-0.15, -0.1) is 0 Å². The van der Waals surface area contributed by atoms with E-state index in [0.29, 0.717) is 5.92 Å². The van der Waals surface area contributed by atoms with Crippen LogP contribution in [0.2, 0.25) is 0 Å². The molecule has 0 aliphatic heterocycles. The van der Waals surface area contributed by atoms with E-state index in [-0.39, 0.29) is 0 Å². The largest absolute Gasteiger partial charge is 0.449 e. The van der Waals surface area contributed by atoms with Crippen LogP contribution in [0, 0.1) is 5.92 Å². The minimum Gasteiger partial charge on any atom is -0.449 e. The van der Waals surface area contributed by atoms with Crippen molar-refractivity contribution in [2.75, 3.05) is 13.1 Å². The number of hydrogen-bond acceptors (Lipinski definition) is 2. The highest BCUT2D eigenvalue weighted by Crippen LogP contribution is 2.28. The summed E-state index contributed by atoms with van der Waals surface area (Å²) in [5, 5.41) is 3.34. The van der Waals surface area contributed by atoms with Crippen LogP contribution in [0.25, 0.3) is 6.08 Å². The lowest BCUT2D eigenvalue weighted by Gasteiger charge is -2.11. The average Bonchev–Trinajstić information content (AvgIpc) is 2.52. The van der Waals surface area contributed by atoms with E-state index in [9.17, 15) is 0 Å². The quantitative estimate of drug-likeness (QED) is 0.848. The Hall–Kier alpha value is -0.0600. The highest BCUT2D eigenvalue weighted by Gasteiger charge is 2.07. The summed E-state index contributed by atoms with van der Waals surface area (Å²) in [6.45, 7) is 8.38. The molecular weight excluding hydrogens is 334 g/mol. The van der Waals surface area contributed by atoms with Crippen LogP contribution in [-0.2, 0) is 0 Å². The molecule has 0 radical (unpaired) electrons. The van der Waals surface area contributed by atoms with Crippen molar-refractivity contribution in [3.8, 4) is 0 Å². The molecule has 0 spiro atoms. The van der Waals surface area contributed by atoms with E-state index < -0.39 is 0 Å². The summed E-state index contributed by atoms with van der Waals surface area (Å²) in [5.41, 5.74) is 1.34. The molecule has 1 aromatic rings. The van der Waals surface area contributed by atoms with Gasteiger partial charge in [0.25, 0.3) is 0 Å².